The Labute approximate surface area is 112 Å². The van der Waals surface area contributed by atoms with E-state index in [2.05, 4.69) is 10.3 Å². The summed E-state index contributed by atoms with van der Waals surface area (Å²) in [6, 6.07) is 19.4. The van der Waals surface area contributed by atoms with Crippen molar-refractivity contribution in [3.05, 3.63) is 71.8 Å². The molecular formula is C16H14N2O. The highest BCUT2D eigenvalue weighted by molar-refractivity contribution is 6.16. The Balaban J connectivity index is 2.12. The predicted molar refractivity (Wildman–Crippen MR) is 75.3 cm³/mol. The largest absolute Gasteiger partial charge is 0.342 e. The number of aliphatic imine (C=N–C) groups is 1. The highest BCUT2D eigenvalue weighted by atomic mass is 16.2. The van der Waals surface area contributed by atoms with Crippen molar-refractivity contribution in [2.75, 3.05) is 0 Å². The maximum Gasteiger partial charge on any atom is 0.342 e. The summed E-state index contributed by atoms with van der Waals surface area (Å²) >= 11 is 0. The number of amides is 2. The van der Waals surface area contributed by atoms with Crippen molar-refractivity contribution in [1.82, 2.24) is 5.32 Å². The van der Waals surface area contributed by atoms with Gasteiger partial charge in [-0.2, -0.15) is 4.99 Å². The molecule has 0 aliphatic carbocycles. The first kappa shape index (κ1) is 11.7. The van der Waals surface area contributed by atoms with Crippen LogP contribution in [0.3, 0.4) is 0 Å². The first-order valence-corrected chi connectivity index (χ1v) is 6.22. The van der Waals surface area contributed by atoms with E-state index in [9.17, 15) is 4.79 Å². The first-order chi connectivity index (χ1) is 9.20. The molecule has 1 N–H and O–H groups in total. The van der Waals surface area contributed by atoms with E-state index in [1.807, 2.05) is 67.6 Å². The van der Waals surface area contributed by atoms with Crippen molar-refractivity contribution in [2.24, 2.45) is 4.99 Å². The van der Waals surface area contributed by atoms with E-state index in [1.165, 1.54) is 0 Å². The molecule has 0 aromatic heterocycles. The van der Waals surface area contributed by atoms with Gasteiger partial charge in [0.15, 0.2) is 0 Å². The summed E-state index contributed by atoms with van der Waals surface area (Å²) in [5, 5.41) is 2.95. The number of hydrogen-bond donors (Lipinski definition) is 1. The van der Waals surface area contributed by atoms with E-state index in [-0.39, 0.29) is 6.03 Å². The average Bonchev–Trinajstić information content (AvgIpc) is 2.77. The van der Waals surface area contributed by atoms with Gasteiger partial charge in [0.2, 0.25) is 0 Å². The van der Waals surface area contributed by atoms with Crippen molar-refractivity contribution in [1.29, 1.82) is 0 Å². The third kappa shape index (κ3) is 1.93. The van der Waals surface area contributed by atoms with Gasteiger partial charge >= 0.3 is 6.03 Å². The summed E-state index contributed by atoms with van der Waals surface area (Å²) in [6.07, 6.45) is 0. The highest BCUT2D eigenvalue weighted by Crippen LogP contribution is 2.29. The second-order valence-corrected chi connectivity index (χ2v) is 4.75. The summed E-state index contributed by atoms with van der Waals surface area (Å²) in [7, 11) is 0. The highest BCUT2D eigenvalue weighted by Gasteiger charge is 2.40. The molecule has 0 bridgehead atoms. The molecule has 3 heteroatoms. The lowest BCUT2D eigenvalue weighted by Crippen LogP contribution is -2.43. The minimum absolute atomic E-state index is 0.287. The molecule has 3 nitrogen and oxygen atoms in total. The van der Waals surface area contributed by atoms with Gasteiger partial charge in [-0.3, -0.25) is 0 Å². The third-order valence-corrected chi connectivity index (χ3v) is 3.44. The molecule has 3 rings (SSSR count). The second kappa shape index (κ2) is 4.35. The molecule has 1 atom stereocenters. The molecule has 0 saturated carbocycles. The van der Waals surface area contributed by atoms with Crippen LogP contribution in [0.2, 0.25) is 0 Å². The lowest BCUT2D eigenvalue weighted by atomic mass is 9.84. The molecule has 2 amide bonds. The standard InChI is InChI=1S/C16H14N2O/c1-16(13-10-6-3-7-11-13)14(17-15(19)18-16)12-8-4-2-5-9-12/h2-11H,1H3,(H,18,19). The van der Waals surface area contributed by atoms with E-state index in [0.717, 1.165) is 16.8 Å². The molecule has 19 heavy (non-hydrogen) atoms. The number of benzene rings is 2. The molecule has 1 unspecified atom stereocenters. The lowest BCUT2D eigenvalue weighted by Gasteiger charge is -2.27. The van der Waals surface area contributed by atoms with E-state index >= 15 is 0 Å². The number of urea groups is 1. The van der Waals surface area contributed by atoms with Crippen LogP contribution in [0, 0.1) is 0 Å². The first-order valence-electron chi connectivity index (χ1n) is 6.22. The summed E-state index contributed by atoms with van der Waals surface area (Å²) < 4.78 is 0. The lowest BCUT2D eigenvalue weighted by molar-refractivity contribution is 0.247. The maximum absolute atomic E-state index is 11.7. The monoisotopic (exact) mass is 250 g/mol. The SMILES string of the molecule is CC1(c2ccccc2)NC(=O)N=C1c1ccccc1. The van der Waals surface area contributed by atoms with Gasteiger partial charge in [0, 0.05) is 0 Å². The van der Waals surface area contributed by atoms with Gasteiger partial charge in [-0.25, -0.2) is 4.79 Å². The summed E-state index contributed by atoms with van der Waals surface area (Å²) in [4.78, 5) is 15.9. The molecule has 1 aliphatic heterocycles. The summed E-state index contributed by atoms with van der Waals surface area (Å²) in [5.74, 6) is 0. The zero-order valence-corrected chi connectivity index (χ0v) is 10.6. The molecule has 2 aromatic carbocycles. The molecule has 2 aromatic rings. The number of hydrogen-bond acceptors (Lipinski definition) is 1. The Kier molecular flexibility index (Phi) is 2.67. The van der Waals surface area contributed by atoms with Crippen LogP contribution < -0.4 is 5.32 Å². The number of nitrogens with zero attached hydrogens (tertiary/aromatic N) is 1. The molecule has 1 aliphatic rings. The van der Waals surface area contributed by atoms with Crippen LogP contribution >= 0.6 is 0 Å². The minimum Gasteiger partial charge on any atom is -0.321 e. The van der Waals surface area contributed by atoms with Gasteiger partial charge in [0.05, 0.1) is 5.71 Å². The predicted octanol–water partition coefficient (Wildman–Crippen LogP) is 3.11. The number of carbonyl (C=O) groups is 1. The smallest absolute Gasteiger partial charge is 0.321 e. The third-order valence-electron chi connectivity index (χ3n) is 3.44. The topological polar surface area (TPSA) is 41.5 Å². The fourth-order valence-corrected chi connectivity index (χ4v) is 2.44. The molecule has 94 valence electrons. The van der Waals surface area contributed by atoms with Gasteiger partial charge in [0.25, 0.3) is 0 Å². The molecule has 0 saturated heterocycles. The molecule has 0 fully saturated rings. The Morgan fingerprint density at radius 3 is 2.16 bits per heavy atom. The van der Waals surface area contributed by atoms with Gasteiger partial charge in [0.1, 0.15) is 5.54 Å². The normalized spacial score (nSPS) is 21.9. The Morgan fingerprint density at radius 1 is 0.947 bits per heavy atom. The average molecular weight is 250 g/mol. The fourth-order valence-electron chi connectivity index (χ4n) is 2.44. The van der Waals surface area contributed by atoms with Crippen molar-refractivity contribution >= 4 is 11.7 Å². The maximum atomic E-state index is 11.7. The second-order valence-electron chi connectivity index (χ2n) is 4.75. The number of carbonyl (C=O) groups excluding carboxylic acids is 1. The van der Waals surface area contributed by atoms with Crippen LogP contribution in [-0.4, -0.2) is 11.7 Å². The van der Waals surface area contributed by atoms with Crippen LogP contribution in [-0.2, 0) is 5.54 Å². The number of rotatable bonds is 2. The molecule has 1 heterocycles. The van der Waals surface area contributed by atoms with Gasteiger partial charge in [-0.15, -0.1) is 0 Å². The van der Waals surface area contributed by atoms with Gasteiger partial charge in [-0.1, -0.05) is 60.7 Å². The van der Waals surface area contributed by atoms with Crippen molar-refractivity contribution in [3.8, 4) is 0 Å². The van der Waals surface area contributed by atoms with Crippen molar-refractivity contribution < 1.29 is 4.79 Å². The van der Waals surface area contributed by atoms with Crippen LogP contribution in [0.1, 0.15) is 18.1 Å². The van der Waals surface area contributed by atoms with Crippen LogP contribution in [0.4, 0.5) is 4.79 Å². The quantitative estimate of drug-likeness (QED) is 0.874. The van der Waals surface area contributed by atoms with Gasteiger partial charge < -0.3 is 5.32 Å². The summed E-state index contributed by atoms with van der Waals surface area (Å²) in [6.45, 7) is 1.99. The molecule has 0 radical (unpaired) electrons. The van der Waals surface area contributed by atoms with Crippen LogP contribution in [0.15, 0.2) is 65.7 Å². The Hall–Kier alpha value is -2.42. The molecule has 0 spiro atoms. The van der Waals surface area contributed by atoms with Crippen LogP contribution in [0.25, 0.3) is 0 Å². The zero-order chi connectivity index (χ0) is 13.3. The van der Waals surface area contributed by atoms with Crippen LogP contribution in [0.5, 0.6) is 0 Å². The van der Waals surface area contributed by atoms with Crippen molar-refractivity contribution in [2.45, 2.75) is 12.5 Å². The molecular weight excluding hydrogens is 236 g/mol. The summed E-state index contributed by atoms with van der Waals surface area (Å²) in [5.41, 5.74) is 2.19. The van der Waals surface area contributed by atoms with Crippen molar-refractivity contribution in [3.63, 3.8) is 0 Å². The van der Waals surface area contributed by atoms with Gasteiger partial charge in [-0.05, 0) is 18.1 Å². The fraction of sp³-hybridized carbons (Fsp3) is 0.125. The van der Waals surface area contributed by atoms with E-state index in [0.29, 0.717) is 0 Å². The Bertz CT molecular complexity index is 634. The van der Waals surface area contributed by atoms with E-state index < -0.39 is 5.54 Å². The minimum atomic E-state index is -0.570. The Morgan fingerprint density at radius 2 is 1.53 bits per heavy atom. The number of nitrogens with one attached hydrogen (secondary N) is 1. The zero-order valence-electron chi connectivity index (χ0n) is 10.6. The van der Waals surface area contributed by atoms with E-state index in [4.69, 9.17) is 0 Å². The van der Waals surface area contributed by atoms with E-state index in [1.54, 1.807) is 0 Å².